The highest BCUT2D eigenvalue weighted by Crippen LogP contribution is 2.48. The van der Waals surface area contributed by atoms with Gasteiger partial charge in [0.1, 0.15) is 5.75 Å². The average molecular weight is 314 g/mol. The number of aromatic hydroxyl groups is 1. The lowest BCUT2D eigenvalue weighted by molar-refractivity contribution is 0.171. The lowest BCUT2D eigenvalue weighted by Crippen LogP contribution is -2.24. The number of phenolic OH excluding ortho intramolecular Hbond substituents is 1. The van der Waals surface area contributed by atoms with Crippen LogP contribution in [0.25, 0.3) is 0 Å². The van der Waals surface area contributed by atoms with E-state index in [1.807, 2.05) is 12.1 Å². The number of halogens is 1. The van der Waals surface area contributed by atoms with Gasteiger partial charge in [0, 0.05) is 36.8 Å². The number of benzene rings is 1. The molecular formula is C14H20BrNO2. The normalized spacial score (nSPS) is 16.8. The van der Waals surface area contributed by atoms with Gasteiger partial charge in [-0.25, -0.2) is 0 Å². The Labute approximate surface area is 117 Å². The Morgan fingerprint density at radius 3 is 2.89 bits per heavy atom. The first-order valence-electron chi connectivity index (χ1n) is 6.32. The number of phenols is 1. The summed E-state index contributed by atoms with van der Waals surface area (Å²) in [7, 11) is 1.75. The molecule has 4 heteroatoms. The van der Waals surface area contributed by atoms with E-state index in [4.69, 9.17) is 4.74 Å². The first-order valence-corrected chi connectivity index (χ1v) is 7.12. The first-order chi connectivity index (χ1) is 8.65. The van der Waals surface area contributed by atoms with Crippen molar-refractivity contribution in [1.29, 1.82) is 0 Å². The summed E-state index contributed by atoms with van der Waals surface area (Å²) < 4.78 is 6.14. The number of methoxy groups -OCH3 is 1. The van der Waals surface area contributed by atoms with Gasteiger partial charge in [-0.2, -0.15) is 0 Å². The second kappa shape index (κ2) is 6.04. The number of rotatable bonds is 7. The molecule has 18 heavy (non-hydrogen) atoms. The third-order valence-electron chi connectivity index (χ3n) is 3.65. The van der Waals surface area contributed by atoms with Crippen molar-refractivity contribution in [1.82, 2.24) is 5.32 Å². The first kappa shape index (κ1) is 13.8. The minimum absolute atomic E-state index is 0.354. The van der Waals surface area contributed by atoms with Crippen LogP contribution in [0.15, 0.2) is 22.7 Å². The van der Waals surface area contributed by atoms with Crippen LogP contribution < -0.4 is 5.32 Å². The maximum absolute atomic E-state index is 9.74. The van der Waals surface area contributed by atoms with Crippen molar-refractivity contribution in [3.8, 4) is 5.75 Å². The molecule has 1 saturated carbocycles. The van der Waals surface area contributed by atoms with Crippen LogP contribution in [-0.2, 0) is 11.3 Å². The smallest absolute Gasteiger partial charge is 0.120 e. The Morgan fingerprint density at radius 1 is 1.44 bits per heavy atom. The van der Waals surface area contributed by atoms with Gasteiger partial charge in [0.25, 0.3) is 0 Å². The Morgan fingerprint density at radius 2 is 2.22 bits per heavy atom. The van der Waals surface area contributed by atoms with Gasteiger partial charge in [-0.05, 0) is 42.9 Å². The summed E-state index contributed by atoms with van der Waals surface area (Å²) in [6.07, 6.45) is 3.70. The summed E-state index contributed by atoms with van der Waals surface area (Å²) in [5.41, 5.74) is 1.38. The van der Waals surface area contributed by atoms with Crippen molar-refractivity contribution in [3.63, 3.8) is 0 Å². The Kier molecular flexibility index (Phi) is 4.65. The average Bonchev–Trinajstić information content (AvgIpc) is 3.12. The molecule has 0 aliphatic heterocycles. The fourth-order valence-electron chi connectivity index (χ4n) is 2.17. The van der Waals surface area contributed by atoms with Crippen molar-refractivity contribution in [2.45, 2.75) is 25.8 Å². The summed E-state index contributed by atoms with van der Waals surface area (Å²) in [6, 6.07) is 5.52. The topological polar surface area (TPSA) is 41.5 Å². The molecule has 1 aliphatic carbocycles. The molecule has 2 N–H and O–H groups in total. The van der Waals surface area contributed by atoms with Gasteiger partial charge < -0.3 is 15.2 Å². The van der Waals surface area contributed by atoms with E-state index in [0.717, 1.165) is 29.6 Å². The van der Waals surface area contributed by atoms with E-state index in [9.17, 15) is 5.11 Å². The molecule has 0 saturated heterocycles. The highest BCUT2D eigenvalue weighted by molar-refractivity contribution is 9.10. The van der Waals surface area contributed by atoms with Gasteiger partial charge in [0.05, 0.1) is 0 Å². The standard InChI is InChI=1S/C14H20BrNO2/c1-18-7-6-14(4-5-14)10-16-9-11-8-12(15)2-3-13(11)17/h2-3,8,16-17H,4-7,9-10H2,1H3. The third kappa shape index (κ3) is 3.70. The van der Waals surface area contributed by atoms with E-state index in [1.54, 1.807) is 13.2 Å². The van der Waals surface area contributed by atoms with Crippen LogP contribution in [0.4, 0.5) is 0 Å². The quantitative estimate of drug-likeness (QED) is 0.813. The molecule has 0 heterocycles. The van der Waals surface area contributed by atoms with Crippen LogP contribution >= 0.6 is 15.9 Å². The lowest BCUT2D eigenvalue weighted by Gasteiger charge is -2.16. The Bertz CT molecular complexity index is 405. The molecule has 0 spiro atoms. The summed E-state index contributed by atoms with van der Waals surface area (Å²) in [5, 5.41) is 13.2. The van der Waals surface area contributed by atoms with Crippen molar-refractivity contribution < 1.29 is 9.84 Å². The monoisotopic (exact) mass is 313 g/mol. The van der Waals surface area contributed by atoms with Crippen molar-refractivity contribution in [3.05, 3.63) is 28.2 Å². The van der Waals surface area contributed by atoms with Crippen molar-refractivity contribution >= 4 is 15.9 Å². The zero-order chi connectivity index (χ0) is 13.0. The summed E-state index contributed by atoms with van der Waals surface area (Å²) in [4.78, 5) is 0. The Hall–Kier alpha value is -0.580. The molecule has 1 aliphatic rings. The van der Waals surface area contributed by atoms with Crippen LogP contribution in [0.1, 0.15) is 24.8 Å². The number of nitrogens with one attached hydrogen (secondary N) is 1. The van der Waals surface area contributed by atoms with Gasteiger partial charge in [-0.3, -0.25) is 0 Å². The van der Waals surface area contributed by atoms with E-state index in [-0.39, 0.29) is 0 Å². The molecule has 1 aromatic carbocycles. The molecule has 3 nitrogen and oxygen atoms in total. The highest BCUT2D eigenvalue weighted by Gasteiger charge is 2.41. The van der Waals surface area contributed by atoms with E-state index in [2.05, 4.69) is 21.2 Å². The molecule has 1 aromatic rings. The van der Waals surface area contributed by atoms with E-state index >= 15 is 0 Å². The van der Waals surface area contributed by atoms with Gasteiger partial charge in [0.15, 0.2) is 0 Å². The second-order valence-corrected chi connectivity index (χ2v) is 6.04. The third-order valence-corrected chi connectivity index (χ3v) is 4.14. The summed E-state index contributed by atoms with van der Waals surface area (Å²) >= 11 is 3.42. The molecule has 0 aromatic heterocycles. The fraction of sp³-hybridized carbons (Fsp3) is 0.571. The van der Waals surface area contributed by atoms with Crippen molar-refractivity contribution in [2.24, 2.45) is 5.41 Å². The minimum atomic E-state index is 0.354. The molecule has 2 rings (SSSR count). The summed E-state index contributed by atoms with van der Waals surface area (Å²) in [6.45, 7) is 2.55. The zero-order valence-corrected chi connectivity index (χ0v) is 12.3. The van der Waals surface area contributed by atoms with Gasteiger partial charge in [-0.1, -0.05) is 15.9 Å². The van der Waals surface area contributed by atoms with Gasteiger partial charge in [0.2, 0.25) is 0 Å². The molecular weight excluding hydrogens is 294 g/mol. The second-order valence-electron chi connectivity index (χ2n) is 5.12. The predicted octanol–water partition coefficient (Wildman–Crippen LogP) is 3.06. The molecule has 1 fully saturated rings. The van der Waals surface area contributed by atoms with Gasteiger partial charge in [-0.15, -0.1) is 0 Å². The predicted molar refractivity (Wildman–Crippen MR) is 75.7 cm³/mol. The lowest BCUT2D eigenvalue weighted by atomic mass is 10.0. The molecule has 100 valence electrons. The van der Waals surface area contributed by atoms with Crippen molar-refractivity contribution in [2.75, 3.05) is 20.3 Å². The summed E-state index contributed by atoms with van der Waals surface area (Å²) in [5.74, 6) is 0.354. The molecule has 0 atom stereocenters. The maximum atomic E-state index is 9.74. The van der Waals surface area contributed by atoms with Crippen LogP contribution in [0.2, 0.25) is 0 Å². The van der Waals surface area contributed by atoms with Crippen LogP contribution in [-0.4, -0.2) is 25.4 Å². The number of hydrogen-bond donors (Lipinski definition) is 2. The van der Waals surface area contributed by atoms with Gasteiger partial charge >= 0.3 is 0 Å². The van der Waals surface area contributed by atoms with Crippen LogP contribution in [0.3, 0.4) is 0 Å². The zero-order valence-electron chi connectivity index (χ0n) is 10.7. The molecule has 0 amide bonds. The number of hydrogen-bond acceptors (Lipinski definition) is 3. The molecule has 0 unspecified atom stereocenters. The fourth-order valence-corrected chi connectivity index (χ4v) is 2.58. The molecule has 0 radical (unpaired) electrons. The van der Waals surface area contributed by atoms with E-state index < -0.39 is 0 Å². The van der Waals surface area contributed by atoms with E-state index in [1.165, 1.54) is 12.8 Å². The highest BCUT2D eigenvalue weighted by atomic mass is 79.9. The largest absolute Gasteiger partial charge is 0.508 e. The minimum Gasteiger partial charge on any atom is -0.508 e. The van der Waals surface area contributed by atoms with Crippen LogP contribution in [0.5, 0.6) is 5.75 Å². The van der Waals surface area contributed by atoms with E-state index in [0.29, 0.717) is 17.7 Å². The number of ether oxygens (including phenoxy) is 1. The molecule has 0 bridgehead atoms. The maximum Gasteiger partial charge on any atom is 0.120 e. The Balaban J connectivity index is 1.80. The SMILES string of the molecule is COCCC1(CNCc2cc(Br)ccc2O)CC1. The van der Waals surface area contributed by atoms with Crippen LogP contribution in [0, 0.1) is 5.41 Å².